The summed E-state index contributed by atoms with van der Waals surface area (Å²) in [7, 11) is 0. The van der Waals surface area contributed by atoms with E-state index in [0.717, 1.165) is 29.2 Å². The minimum Gasteiger partial charge on any atom is -0.383 e. The third kappa shape index (κ3) is 1.99. The topological polar surface area (TPSA) is 56.7 Å². The van der Waals surface area contributed by atoms with Crippen LogP contribution in [0.25, 0.3) is 11.0 Å². The smallest absolute Gasteiger partial charge is 0.146 e. The van der Waals surface area contributed by atoms with Crippen LogP contribution in [0.15, 0.2) is 0 Å². The van der Waals surface area contributed by atoms with Gasteiger partial charge < -0.3 is 10.3 Å². The summed E-state index contributed by atoms with van der Waals surface area (Å²) in [6, 6.07) is 0. The molecule has 2 aromatic heterocycles. The summed E-state index contributed by atoms with van der Waals surface area (Å²) in [5, 5.41) is 1.01. The molecule has 0 aliphatic heterocycles. The van der Waals surface area contributed by atoms with Crippen LogP contribution in [0.5, 0.6) is 0 Å². The van der Waals surface area contributed by atoms with E-state index in [1.54, 1.807) is 0 Å². The van der Waals surface area contributed by atoms with Gasteiger partial charge >= 0.3 is 0 Å². The molecule has 0 aliphatic rings. The summed E-state index contributed by atoms with van der Waals surface area (Å²) in [4.78, 5) is 8.78. The summed E-state index contributed by atoms with van der Waals surface area (Å²) in [6.45, 7) is 7.05. The van der Waals surface area contributed by atoms with Crippen molar-refractivity contribution in [2.24, 2.45) is 0 Å². The molecule has 2 heterocycles. The normalized spacial score (nSPS) is 11.3. The van der Waals surface area contributed by atoms with Gasteiger partial charge in [0.2, 0.25) is 0 Å². The zero-order valence-electron chi connectivity index (χ0n) is 10.7. The average molecular weight is 250 g/mol. The van der Waals surface area contributed by atoms with Crippen molar-refractivity contribution < 1.29 is 0 Å². The fourth-order valence-corrected chi connectivity index (χ4v) is 2.50. The number of fused-ring (bicyclic) bond motifs is 1. The van der Waals surface area contributed by atoms with E-state index < -0.39 is 0 Å². The lowest BCUT2D eigenvalue weighted by Gasteiger charge is -2.06. The first-order chi connectivity index (χ1) is 8.06. The Morgan fingerprint density at radius 1 is 1.24 bits per heavy atom. The quantitative estimate of drug-likeness (QED) is 0.908. The molecular formula is C12H18N4S. The van der Waals surface area contributed by atoms with Crippen molar-refractivity contribution in [3.63, 3.8) is 0 Å². The van der Waals surface area contributed by atoms with E-state index in [0.29, 0.717) is 5.82 Å². The van der Waals surface area contributed by atoms with Crippen molar-refractivity contribution in [1.29, 1.82) is 0 Å². The van der Waals surface area contributed by atoms with Gasteiger partial charge in [-0.2, -0.15) is 11.8 Å². The molecule has 0 saturated carbocycles. The minimum absolute atomic E-state index is 0.594. The fourth-order valence-electron chi connectivity index (χ4n) is 2.13. The van der Waals surface area contributed by atoms with E-state index in [2.05, 4.69) is 34.6 Å². The highest BCUT2D eigenvalue weighted by Crippen LogP contribution is 2.27. The molecule has 0 saturated heterocycles. The van der Waals surface area contributed by atoms with Crippen molar-refractivity contribution in [1.82, 2.24) is 14.5 Å². The van der Waals surface area contributed by atoms with Crippen LogP contribution in [-0.4, -0.2) is 26.5 Å². The summed E-state index contributed by atoms with van der Waals surface area (Å²) in [5.41, 5.74) is 9.40. The van der Waals surface area contributed by atoms with Crippen molar-refractivity contribution >= 4 is 28.6 Å². The number of rotatable bonds is 3. The minimum atomic E-state index is 0.594. The number of aromatic nitrogens is 3. The molecule has 2 aromatic rings. The Labute approximate surface area is 106 Å². The number of thioether (sulfide) groups is 1. The predicted octanol–water partition coefficient (Wildman–Crippen LogP) is 2.30. The standard InChI is InChI=1S/C12H18N4S/c1-7-8(2)16(5-6-17-4)12-10(7)11(13)14-9(3)15-12/h5-6H2,1-4H3,(H2,13,14,15). The number of nitrogens with zero attached hydrogens (tertiary/aromatic N) is 3. The molecule has 0 aromatic carbocycles. The first-order valence-corrected chi connectivity index (χ1v) is 7.04. The first kappa shape index (κ1) is 12.2. The van der Waals surface area contributed by atoms with Crippen molar-refractivity contribution in [3.05, 3.63) is 17.1 Å². The van der Waals surface area contributed by atoms with Gasteiger partial charge in [-0.3, -0.25) is 0 Å². The van der Waals surface area contributed by atoms with Gasteiger partial charge in [0.1, 0.15) is 17.3 Å². The van der Waals surface area contributed by atoms with Crippen LogP contribution in [0.2, 0.25) is 0 Å². The number of nitrogens with two attached hydrogens (primary N) is 1. The summed E-state index contributed by atoms with van der Waals surface area (Å²) >= 11 is 1.84. The Kier molecular flexibility index (Phi) is 3.28. The molecule has 0 fully saturated rings. The lowest BCUT2D eigenvalue weighted by Crippen LogP contribution is -2.05. The van der Waals surface area contributed by atoms with Crippen LogP contribution in [-0.2, 0) is 6.54 Å². The van der Waals surface area contributed by atoms with E-state index in [9.17, 15) is 0 Å². The predicted molar refractivity (Wildman–Crippen MR) is 74.5 cm³/mol. The Morgan fingerprint density at radius 3 is 2.59 bits per heavy atom. The van der Waals surface area contributed by atoms with Crippen LogP contribution >= 0.6 is 11.8 Å². The molecule has 0 aliphatic carbocycles. The lowest BCUT2D eigenvalue weighted by atomic mass is 10.2. The zero-order chi connectivity index (χ0) is 12.6. The van der Waals surface area contributed by atoms with Crippen LogP contribution in [0.4, 0.5) is 5.82 Å². The van der Waals surface area contributed by atoms with Crippen molar-refractivity contribution in [3.8, 4) is 0 Å². The Morgan fingerprint density at radius 2 is 1.94 bits per heavy atom. The highest BCUT2D eigenvalue weighted by Gasteiger charge is 2.15. The number of hydrogen-bond acceptors (Lipinski definition) is 4. The Balaban J connectivity index is 2.70. The van der Waals surface area contributed by atoms with Gasteiger partial charge in [-0.05, 0) is 32.6 Å². The second-order valence-corrected chi connectivity index (χ2v) is 5.20. The van der Waals surface area contributed by atoms with Crippen LogP contribution in [0, 0.1) is 20.8 Å². The molecule has 0 bridgehead atoms. The largest absolute Gasteiger partial charge is 0.383 e. The maximum absolute atomic E-state index is 6.00. The zero-order valence-corrected chi connectivity index (χ0v) is 11.6. The number of anilines is 1. The van der Waals surface area contributed by atoms with E-state index in [1.165, 1.54) is 11.3 Å². The highest BCUT2D eigenvalue weighted by atomic mass is 32.2. The maximum atomic E-state index is 6.00. The van der Waals surface area contributed by atoms with Gasteiger partial charge in [0.25, 0.3) is 0 Å². The Hall–Kier alpha value is -1.23. The molecule has 0 spiro atoms. The maximum Gasteiger partial charge on any atom is 0.146 e. The second kappa shape index (κ2) is 4.56. The molecule has 92 valence electrons. The van der Waals surface area contributed by atoms with E-state index in [4.69, 9.17) is 5.73 Å². The Bertz CT molecular complexity index is 559. The van der Waals surface area contributed by atoms with Gasteiger partial charge in [0.15, 0.2) is 0 Å². The van der Waals surface area contributed by atoms with E-state index in [1.807, 2.05) is 18.7 Å². The van der Waals surface area contributed by atoms with Gasteiger partial charge in [0.05, 0.1) is 5.39 Å². The van der Waals surface area contributed by atoms with Crippen LogP contribution in [0.1, 0.15) is 17.1 Å². The molecule has 0 atom stereocenters. The molecule has 0 radical (unpaired) electrons. The summed E-state index contributed by atoms with van der Waals surface area (Å²) in [6.07, 6.45) is 2.11. The SMILES string of the molecule is CSCCn1c(C)c(C)c2c(N)nc(C)nc21. The number of hydrogen-bond donors (Lipinski definition) is 1. The lowest BCUT2D eigenvalue weighted by molar-refractivity contribution is 0.763. The molecule has 2 rings (SSSR count). The second-order valence-electron chi connectivity index (χ2n) is 4.21. The van der Waals surface area contributed by atoms with Crippen molar-refractivity contribution in [2.45, 2.75) is 27.3 Å². The number of aryl methyl sites for hydroxylation is 3. The van der Waals surface area contributed by atoms with Crippen molar-refractivity contribution in [2.75, 3.05) is 17.7 Å². The summed E-state index contributed by atoms with van der Waals surface area (Å²) < 4.78 is 2.24. The highest BCUT2D eigenvalue weighted by molar-refractivity contribution is 7.98. The van der Waals surface area contributed by atoms with E-state index in [-0.39, 0.29) is 0 Å². The van der Waals surface area contributed by atoms with Gasteiger partial charge in [0, 0.05) is 18.0 Å². The molecule has 0 unspecified atom stereocenters. The molecule has 17 heavy (non-hydrogen) atoms. The van der Waals surface area contributed by atoms with Gasteiger partial charge in [-0.1, -0.05) is 0 Å². The van der Waals surface area contributed by atoms with Crippen LogP contribution < -0.4 is 5.73 Å². The monoisotopic (exact) mass is 250 g/mol. The molecule has 5 heteroatoms. The molecule has 0 amide bonds. The van der Waals surface area contributed by atoms with Crippen LogP contribution in [0.3, 0.4) is 0 Å². The number of nitrogen functional groups attached to an aromatic ring is 1. The fraction of sp³-hybridized carbons (Fsp3) is 0.500. The molecule has 2 N–H and O–H groups in total. The third-order valence-corrected chi connectivity index (χ3v) is 3.72. The molecular weight excluding hydrogens is 232 g/mol. The summed E-state index contributed by atoms with van der Waals surface area (Å²) in [5.74, 6) is 2.40. The first-order valence-electron chi connectivity index (χ1n) is 5.64. The van der Waals surface area contributed by atoms with E-state index >= 15 is 0 Å². The third-order valence-electron chi connectivity index (χ3n) is 3.13. The van der Waals surface area contributed by atoms with Gasteiger partial charge in [-0.15, -0.1) is 0 Å². The molecule has 4 nitrogen and oxygen atoms in total. The average Bonchev–Trinajstić information content (AvgIpc) is 2.49. The van der Waals surface area contributed by atoms with Gasteiger partial charge in [-0.25, -0.2) is 9.97 Å².